The van der Waals surface area contributed by atoms with Crippen molar-refractivity contribution in [3.63, 3.8) is 0 Å². The quantitative estimate of drug-likeness (QED) is 0.477. The van der Waals surface area contributed by atoms with Crippen molar-refractivity contribution in [1.29, 1.82) is 0 Å². The molecule has 0 aliphatic carbocycles. The smallest absolute Gasteiger partial charge is 0.451 e. The average Bonchev–Trinajstić information content (AvgIpc) is 3.05. The summed E-state index contributed by atoms with van der Waals surface area (Å²) in [7, 11) is -1.29. The summed E-state index contributed by atoms with van der Waals surface area (Å²) in [6.45, 7) is 3.73. The van der Waals surface area contributed by atoms with Crippen LogP contribution in [0.5, 0.6) is 0 Å². The zero-order valence-corrected chi connectivity index (χ0v) is 12.6. The Kier molecular flexibility index (Phi) is 6.04. The van der Waals surface area contributed by atoms with E-state index in [0.29, 0.717) is 19.2 Å². The molecule has 7 heteroatoms. The lowest BCUT2D eigenvalue weighted by Gasteiger charge is -2.33. The van der Waals surface area contributed by atoms with Crippen molar-refractivity contribution in [2.45, 2.75) is 50.4 Å². The minimum atomic E-state index is -1.29. The summed E-state index contributed by atoms with van der Waals surface area (Å²) in [6.07, 6.45) is 5.62. The molecular formula is C14H27BN2O4. The monoisotopic (exact) mass is 298 g/mol. The van der Waals surface area contributed by atoms with Crippen molar-refractivity contribution in [3.05, 3.63) is 0 Å². The molecule has 0 amide bonds. The summed E-state index contributed by atoms with van der Waals surface area (Å²) in [6, 6.07) is 0. The lowest BCUT2D eigenvalue weighted by molar-refractivity contribution is -0.146. The van der Waals surface area contributed by atoms with Gasteiger partial charge in [0, 0.05) is 6.54 Å². The highest BCUT2D eigenvalue weighted by molar-refractivity contribution is 6.40. The van der Waals surface area contributed by atoms with Gasteiger partial charge in [0.25, 0.3) is 0 Å². The van der Waals surface area contributed by atoms with E-state index in [2.05, 4.69) is 10.2 Å². The van der Waals surface area contributed by atoms with E-state index in [1.807, 2.05) is 0 Å². The van der Waals surface area contributed by atoms with Crippen LogP contribution in [0, 0.1) is 5.92 Å². The number of hydrogen-bond donors (Lipinski definition) is 4. The van der Waals surface area contributed by atoms with Crippen molar-refractivity contribution in [3.8, 4) is 0 Å². The van der Waals surface area contributed by atoms with E-state index in [4.69, 9.17) is 10.0 Å². The number of aliphatic carboxylic acids is 1. The highest BCUT2D eigenvalue weighted by atomic mass is 16.4. The summed E-state index contributed by atoms with van der Waals surface area (Å²) >= 11 is 0. The van der Waals surface area contributed by atoms with E-state index in [-0.39, 0.29) is 5.92 Å². The van der Waals surface area contributed by atoms with Gasteiger partial charge >= 0.3 is 13.1 Å². The Morgan fingerprint density at radius 2 is 2.05 bits per heavy atom. The number of carboxylic acids is 1. The first kappa shape index (κ1) is 16.7. The zero-order chi connectivity index (χ0) is 15.3. The van der Waals surface area contributed by atoms with Crippen LogP contribution in [-0.4, -0.2) is 64.9 Å². The van der Waals surface area contributed by atoms with Crippen LogP contribution in [0.15, 0.2) is 0 Å². The van der Waals surface area contributed by atoms with Gasteiger partial charge in [-0.15, -0.1) is 0 Å². The van der Waals surface area contributed by atoms with Crippen molar-refractivity contribution in [2.24, 2.45) is 5.92 Å². The Balaban J connectivity index is 1.92. The van der Waals surface area contributed by atoms with Gasteiger partial charge in [0.2, 0.25) is 0 Å². The van der Waals surface area contributed by atoms with E-state index in [1.54, 1.807) is 0 Å². The van der Waals surface area contributed by atoms with Crippen LogP contribution in [0.4, 0.5) is 0 Å². The van der Waals surface area contributed by atoms with Crippen molar-refractivity contribution < 1.29 is 19.9 Å². The van der Waals surface area contributed by atoms with Crippen LogP contribution in [0.25, 0.3) is 0 Å². The average molecular weight is 298 g/mol. The molecule has 2 fully saturated rings. The minimum Gasteiger partial charge on any atom is -0.480 e. The lowest BCUT2D eigenvalue weighted by atomic mass is 9.76. The SMILES string of the molecule is O=C(O)C1(CCN2CCCC2)NCCC1CCCB(O)O. The van der Waals surface area contributed by atoms with Gasteiger partial charge in [-0.05, 0) is 64.0 Å². The number of nitrogens with one attached hydrogen (secondary N) is 1. The summed E-state index contributed by atoms with van der Waals surface area (Å²) < 4.78 is 0. The first-order chi connectivity index (χ1) is 10.0. The largest absolute Gasteiger partial charge is 0.480 e. The van der Waals surface area contributed by atoms with Crippen LogP contribution in [0.2, 0.25) is 6.32 Å². The third kappa shape index (κ3) is 4.19. The van der Waals surface area contributed by atoms with E-state index in [1.165, 1.54) is 12.8 Å². The van der Waals surface area contributed by atoms with E-state index in [9.17, 15) is 9.90 Å². The zero-order valence-electron chi connectivity index (χ0n) is 12.6. The van der Waals surface area contributed by atoms with Crippen molar-refractivity contribution in [2.75, 3.05) is 26.2 Å². The molecule has 0 bridgehead atoms. The molecule has 4 N–H and O–H groups in total. The maximum atomic E-state index is 11.9. The third-order valence-electron chi connectivity index (χ3n) is 5.05. The van der Waals surface area contributed by atoms with Gasteiger partial charge in [-0.3, -0.25) is 4.79 Å². The fourth-order valence-corrected chi connectivity index (χ4v) is 3.79. The number of carbonyl (C=O) groups is 1. The standard InChI is InChI=1S/C14H27BN2O4/c18-13(19)14(6-11-17-9-1-2-10-17)12(5-8-16-14)4-3-7-15(20)21/h12,16,20-21H,1-11H2,(H,18,19). The molecular weight excluding hydrogens is 271 g/mol. The molecule has 0 saturated carbocycles. The second kappa shape index (κ2) is 7.58. The first-order valence-corrected chi connectivity index (χ1v) is 8.11. The maximum Gasteiger partial charge on any atom is 0.451 e. The van der Waals surface area contributed by atoms with Gasteiger partial charge in [0.1, 0.15) is 5.54 Å². The Bertz CT molecular complexity index is 350. The minimum absolute atomic E-state index is 0.0800. The van der Waals surface area contributed by atoms with Gasteiger partial charge in [0.15, 0.2) is 0 Å². The molecule has 0 spiro atoms. The molecule has 0 aromatic rings. The van der Waals surface area contributed by atoms with Crippen LogP contribution in [0.1, 0.15) is 38.5 Å². The van der Waals surface area contributed by atoms with Crippen LogP contribution < -0.4 is 5.32 Å². The van der Waals surface area contributed by atoms with E-state index < -0.39 is 18.6 Å². The van der Waals surface area contributed by atoms with Gasteiger partial charge < -0.3 is 25.4 Å². The summed E-state index contributed by atoms with van der Waals surface area (Å²) in [5, 5.41) is 30.8. The lowest BCUT2D eigenvalue weighted by Crippen LogP contribution is -2.53. The number of nitrogens with zero attached hydrogens (tertiary/aromatic N) is 1. The van der Waals surface area contributed by atoms with Crippen molar-refractivity contribution >= 4 is 13.1 Å². The summed E-state index contributed by atoms with van der Waals surface area (Å²) in [5.74, 6) is -0.676. The van der Waals surface area contributed by atoms with Crippen LogP contribution in [0.3, 0.4) is 0 Å². The molecule has 2 atom stereocenters. The van der Waals surface area contributed by atoms with Gasteiger partial charge in [-0.2, -0.15) is 0 Å². The molecule has 0 aromatic heterocycles. The van der Waals surface area contributed by atoms with E-state index in [0.717, 1.165) is 39.0 Å². The molecule has 120 valence electrons. The molecule has 2 rings (SSSR count). The molecule has 2 heterocycles. The Morgan fingerprint density at radius 1 is 1.33 bits per heavy atom. The number of hydrogen-bond acceptors (Lipinski definition) is 5. The normalized spacial score (nSPS) is 29.9. The predicted octanol–water partition coefficient (Wildman–Crippen LogP) is 0.158. The van der Waals surface area contributed by atoms with Gasteiger partial charge in [-0.25, -0.2) is 0 Å². The second-order valence-corrected chi connectivity index (χ2v) is 6.40. The third-order valence-corrected chi connectivity index (χ3v) is 5.05. The molecule has 2 aliphatic heterocycles. The maximum absolute atomic E-state index is 11.9. The Morgan fingerprint density at radius 3 is 2.67 bits per heavy atom. The summed E-state index contributed by atoms with van der Waals surface area (Å²) in [4.78, 5) is 14.2. The Hall–Kier alpha value is -0.625. The van der Waals surface area contributed by atoms with Crippen LogP contribution in [-0.2, 0) is 4.79 Å². The predicted molar refractivity (Wildman–Crippen MR) is 81.0 cm³/mol. The second-order valence-electron chi connectivity index (χ2n) is 6.40. The number of likely N-dealkylation sites (tertiary alicyclic amines) is 1. The molecule has 2 aliphatic rings. The first-order valence-electron chi connectivity index (χ1n) is 8.11. The number of rotatable bonds is 8. The molecule has 0 aromatic carbocycles. The Labute approximate surface area is 126 Å². The van der Waals surface area contributed by atoms with Crippen molar-refractivity contribution in [1.82, 2.24) is 10.2 Å². The molecule has 2 unspecified atom stereocenters. The molecule has 6 nitrogen and oxygen atoms in total. The highest BCUT2D eigenvalue weighted by Gasteiger charge is 2.48. The highest BCUT2D eigenvalue weighted by Crippen LogP contribution is 2.35. The summed E-state index contributed by atoms with van der Waals surface area (Å²) in [5.41, 5.74) is -0.830. The number of carboxylic acid groups (broad SMARTS) is 1. The molecule has 21 heavy (non-hydrogen) atoms. The fourth-order valence-electron chi connectivity index (χ4n) is 3.79. The fraction of sp³-hybridized carbons (Fsp3) is 0.929. The van der Waals surface area contributed by atoms with Crippen LogP contribution >= 0.6 is 0 Å². The van der Waals surface area contributed by atoms with Gasteiger partial charge in [0.05, 0.1) is 0 Å². The van der Waals surface area contributed by atoms with Gasteiger partial charge in [-0.1, -0.05) is 6.42 Å². The van der Waals surface area contributed by atoms with E-state index >= 15 is 0 Å². The molecule has 0 radical (unpaired) electrons. The topological polar surface area (TPSA) is 93.0 Å². The molecule has 2 saturated heterocycles.